The van der Waals surface area contributed by atoms with E-state index in [1.165, 1.54) is 12.1 Å². The van der Waals surface area contributed by atoms with Gasteiger partial charge in [0.1, 0.15) is 5.82 Å². The first kappa shape index (κ1) is 13.6. The fraction of sp³-hybridized carbons (Fsp3) is 0.0769. The first-order chi connectivity index (χ1) is 9.15. The van der Waals surface area contributed by atoms with Gasteiger partial charge in [-0.3, -0.25) is 5.43 Å². The van der Waals surface area contributed by atoms with Crippen LogP contribution in [0.5, 0.6) is 0 Å². The Kier molecular flexibility index (Phi) is 4.59. The Labute approximate surface area is 120 Å². The van der Waals surface area contributed by atoms with Gasteiger partial charge in [-0.1, -0.05) is 6.07 Å². The molecule has 3 nitrogen and oxygen atoms in total. The monoisotopic (exact) mass is 293 g/mol. The number of anilines is 1. The summed E-state index contributed by atoms with van der Waals surface area (Å²) in [6.07, 6.45) is 1.69. The maximum absolute atomic E-state index is 12.9. The van der Waals surface area contributed by atoms with E-state index in [0.29, 0.717) is 5.11 Å². The zero-order valence-electron chi connectivity index (χ0n) is 10.2. The Bertz CT molecular complexity index is 594. The molecule has 1 heterocycles. The lowest BCUT2D eigenvalue weighted by Crippen LogP contribution is -2.24. The molecule has 0 aliphatic heterocycles. The number of thiophene rings is 1. The van der Waals surface area contributed by atoms with E-state index in [1.54, 1.807) is 23.6 Å². The summed E-state index contributed by atoms with van der Waals surface area (Å²) in [5, 5.41) is 9.31. The fourth-order valence-electron chi connectivity index (χ4n) is 1.44. The minimum absolute atomic E-state index is 0.266. The van der Waals surface area contributed by atoms with E-state index in [9.17, 15) is 4.39 Å². The smallest absolute Gasteiger partial charge is 0.191 e. The Morgan fingerprint density at radius 2 is 2.26 bits per heavy atom. The van der Waals surface area contributed by atoms with Gasteiger partial charge >= 0.3 is 0 Å². The molecule has 6 heteroatoms. The van der Waals surface area contributed by atoms with Gasteiger partial charge in [-0.25, -0.2) is 4.39 Å². The number of nitrogens with zero attached hydrogens (tertiary/aromatic N) is 1. The van der Waals surface area contributed by atoms with Gasteiger partial charge < -0.3 is 5.32 Å². The van der Waals surface area contributed by atoms with Gasteiger partial charge in [-0.2, -0.15) is 5.10 Å². The lowest BCUT2D eigenvalue weighted by Gasteiger charge is -2.09. The average molecular weight is 293 g/mol. The fourth-order valence-corrected chi connectivity index (χ4v) is 2.18. The molecule has 2 aromatic rings. The molecule has 0 aliphatic rings. The van der Waals surface area contributed by atoms with Gasteiger partial charge in [0, 0.05) is 10.6 Å². The number of rotatable bonds is 3. The summed E-state index contributed by atoms with van der Waals surface area (Å²) in [7, 11) is 0. The van der Waals surface area contributed by atoms with Crippen molar-refractivity contribution in [2.45, 2.75) is 6.92 Å². The molecule has 2 rings (SSSR count). The summed E-state index contributed by atoms with van der Waals surface area (Å²) in [5.41, 5.74) is 4.25. The lowest BCUT2D eigenvalue weighted by molar-refractivity contribution is 0.627. The van der Waals surface area contributed by atoms with Gasteiger partial charge in [-0.05, 0) is 54.4 Å². The summed E-state index contributed by atoms with van der Waals surface area (Å²) < 4.78 is 12.9. The predicted molar refractivity (Wildman–Crippen MR) is 82.4 cm³/mol. The molecular weight excluding hydrogens is 281 g/mol. The largest absolute Gasteiger partial charge is 0.331 e. The van der Waals surface area contributed by atoms with E-state index in [0.717, 1.165) is 16.1 Å². The van der Waals surface area contributed by atoms with Crippen molar-refractivity contribution in [2.75, 3.05) is 5.32 Å². The van der Waals surface area contributed by atoms with Crippen molar-refractivity contribution in [3.8, 4) is 0 Å². The van der Waals surface area contributed by atoms with Crippen LogP contribution in [0, 0.1) is 12.7 Å². The van der Waals surface area contributed by atoms with Crippen molar-refractivity contribution in [3.05, 3.63) is 52.0 Å². The summed E-state index contributed by atoms with van der Waals surface area (Å²) >= 11 is 6.68. The van der Waals surface area contributed by atoms with Gasteiger partial charge in [0.2, 0.25) is 0 Å². The molecule has 0 saturated carbocycles. The van der Waals surface area contributed by atoms with Gasteiger partial charge in [0.05, 0.1) is 6.21 Å². The average Bonchev–Trinajstić information content (AvgIpc) is 2.86. The van der Waals surface area contributed by atoms with Crippen molar-refractivity contribution in [3.63, 3.8) is 0 Å². The number of hydrogen-bond acceptors (Lipinski definition) is 3. The maximum Gasteiger partial charge on any atom is 0.191 e. The third-order valence-electron chi connectivity index (χ3n) is 2.34. The normalized spacial score (nSPS) is 10.6. The molecule has 98 valence electrons. The third kappa shape index (κ3) is 4.11. The second-order valence-corrected chi connectivity index (χ2v) is 5.19. The van der Waals surface area contributed by atoms with Crippen LogP contribution in [0.4, 0.5) is 10.1 Å². The highest BCUT2D eigenvalue weighted by Gasteiger charge is 2.01. The van der Waals surface area contributed by atoms with E-state index < -0.39 is 0 Å². The van der Waals surface area contributed by atoms with Gasteiger partial charge in [-0.15, -0.1) is 11.3 Å². The quantitative estimate of drug-likeness (QED) is 0.516. The van der Waals surface area contributed by atoms with Crippen LogP contribution in [0.15, 0.2) is 40.8 Å². The van der Waals surface area contributed by atoms with Crippen molar-refractivity contribution in [1.82, 2.24) is 5.43 Å². The standard InChI is InChI=1S/C13H12FN3S2/c1-9-7-10(14)4-5-12(9)16-13(18)17-15-8-11-3-2-6-19-11/h2-8H,1H3,(H2,16,17,18)/b15-8+. The van der Waals surface area contributed by atoms with Crippen LogP contribution in [0.3, 0.4) is 0 Å². The number of benzene rings is 1. The molecule has 19 heavy (non-hydrogen) atoms. The minimum Gasteiger partial charge on any atom is -0.331 e. The van der Waals surface area contributed by atoms with Crippen molar-refractivity contribution in [1.29, 1.82) is 0 Å². The number of aryl methyl sites for hydroxylation is 1. The number of halogens is 1. The molecule has 0 atom stereocenters. The third-order valence-corrected chi connectivity index (χ3v) is 3.34. The molecule has 0 bridgehead atoms. The van der Waals surface area contributed by atoms with Crippen LogP contribution in [0.2, 0.25) is 0 Å². The van der Waals surface area contributed by atoms with Crippen LogP contribution in [0.1, 0.15) is 10.4 Å². The Morgan fingerprint density at radius 3 is 2.95 bits per heavy atom. The molecule has 0 amide bonds. The second kappa shape index (κ2) is 6.40. The Morgan fingerprint density at radius 1 is 1.42 bits per heavy atom. The van der Waals surface area contributed by atoms with Crippen LogP contribution in [-0.2, 0) is 0 Å². The molecule has 2 N–H and O–H groups in total. The Hall–Kier alpha value is -1.79. The zero-order chi connectivity index (χ0) is 13.7. The van der Waals surface area contributed by atoms with Crippen LogP contribution in [-0.4, -0.2) is 11.3 Å². The topological polar surface area (TPSA) is 36.4 Å². The highest BCUT2D eigenvalue weighted by Crippen LogP contribution is 2.15. The highest BCUT2D eigenvalue weighted by atomic mass is 32.1. The van der Waals surface area contributed by atoms with Crippen LogP contribution in [0.25, 0.3) is 0 Å². The molecular formula is C13H12FN3S2. The van der Waals surface area contributed by atoms with E-state index in [-0.39, 0.29) is 5.82 Å². The van der Waals surface area contributed by atoms with Crippen molar-refractivity contribution in [2.24, 2.45) is 5.10 Å². The summed E-state index contributed by atoms with van der Waals surface area (Å²) in [6, 6.07) is 8.37. The Balaban J connectivity index is 1.91. The molecule has 1 aromatic heterocycles. The minimum atomic E-state index is -0.266. The van der Waals surface area contributed by atoms with E-state index in [2.05, 4.69) is 15.8 Å². The maximum atomic E-state index is 12.9. The summed E-state index contributed by atoms with van der Waals surface area (Å²) in [6.45, 7) is 1.81. The van der Waals surface area contributed by atoms with Crippen LogP contribution < -0.4 is 10.7 Å². The molecule has 0 saturated heterocycles. The first-order valence-corrected chi connectivity index (χ1v) is 6.83. The molecule has 0 aliphatic carbocycles. The summed E-state index contributed by atoms with van der Waals surface area (Å²) in [4.78, 5) is 1.04. The van der Waals surface area contributed by atoms with Gasteiger partial charge in [0.15, 0.2) is 5.11 Å². The van der Waals surface area contributed by atoms with Crippen molar-refractivity contribution >= 4 is 40.6 Å². The number of thiocarbonyl (C=S) groups is 1. The number of hydrogen-bond donors (Lipinski definition) is 2. The zero-order valence-corrected chi connectivity index (χ0v) is 11.8. The first-order valence-electron chi connectivity index (χ1n) is 5.55. The van der Waals surface area contributed by atoms with E-state index in [4.69, 9.17) is 12.2 Å². The second-order valence-electron chi connectivity index (χ2n) is 3.80. The lowest BCUT2D eigenvalue weighted by atomic mass is 10.2. The molecule has 0 fully saturated rings. The highest BCUT2D eigenvalue weighted by molar-refractivity contribution is 7.80. The predicted octanol–water partition coefficient (Wildman–Crippen LogP) is 3.52. The van der Waals surface area contributed by atoms with E-state index in [1.807, 2.05) is 24.4 Å². The SMILES string of the molecule is Cc1cc(F)ccc1NC(=S)N/N=C/c1cccs1. The molecule has 0 radical (unpaired) electrons. The summed E-state index contributed by atoms with van der Waals surface area (Å²) in [5.74, 6) is -0.266. The molecule has 0 unspecified atom stereocenters. The molecule has 1 aromatic carbocycles. The van der Waals surface area contributed by atoms with Crippen molar-refractivity contribution < 1.29 is 4.39 Å². The van der Waals surface area contributed by atoms with Crippen LogP contribution >= 0.6 is 23.6 Å². The number of hydrazone groups is 1. The molecule has 0 spiro atoms. The van der Waals surface area contributed by atoms with Gasteiger partial charge in [0.25, 0.3) is 0 Å². The number of nitrogens with one attached hydrogen (secondary N) is 2. The van der Waals surface area contributed by atoms with E-state index >= 15 is 0 Å².